The van der Waals surface area contributed by atoms with E-state index in [2.05, 4.69) is 15.9 Å². The minimum Gasteiger partial charge on any atom is -0.282 e. The van der Waals surface area contributed by atoms with Gasteiger partial charge in [0.25, 0.3) is 0 Å². The summed E-state index contributed by atoms with van der Waals surface area (Å²) in [6.07, 6.45) is 6.77. The fraction of sp³-hybridized carbons (Fsp3) is 0.167. The van der Waals surface area contributed by atoms with E-state index in [4.69, 9.17) is 0 Å². The monoisotopic (exact) mass is 174 g/mol. The molecule has 0 fully saturated rings. The smallest absolute Gasteiger partial charge is 0.220 e. The molecule has 0 saturated heterocycles. The molecule has 0 aromatic rings. The molecule has 0 aliphatic heterocycles. The molecule has 0 radical (unpaired) electrons. The maximum atomic E-state index is 10.1. The Morgan fingerprint density at radius 2 is 2.12 bits per heavy atom. The maximum absolute atomic E-state index is 10.1. The highest BCUT2D eigenvalue weighted by molar-refractivity contribution is 9.18. The highest BCUT2D eigenvalue weighted by atomic mass is 79.9. The summed E-state index contributed by atoms with van der Waals surface area (Å²) in [4.78, 5) is 10.1. The van der Waals surface area contributed by atoms with Gasteiger partial charge in [0.05, 0.1) is 0 Å². The van der Waals surface area contributed by atoms with Crippen molar-refractivity contribution in [3.63, 3.8) is 0 Å². The first-order valence-corrected chi connectivity index (χ1v) is 3.05. The van der Waals surface area contributed by atoms with Crippen LogP contribution in [-0.4, -0.2) is 4.69 Å². The van der Waals surface area contributed by atoms with Gasteiger partial charge in [-0.15, -0.1) is 0 Å². The predicted octanol–water partition coefficient (Wildman–Crippen LogP) is 2.04. The van der Waals surface area contributed by atoms with Crippen LogP contribution in [0.5, 0.6) is 0 Å². The van der Waals surface area contributed by atoms with Crippen molar-refractivity contribution in [3.8, 4) is 0 Å². The lowest BCUT2D eigenvalue weighted by Gasteiger charge is -1.70. The van der Waals surface area contributed by atoms with Crippen molar-refractivity contribution in [1.82, 2.24) is 0 Å². The van der Waals surface area contributed by atoms with Crippen molar-refractivity contribution < 1.29 is 4.79 Å². The van der Waals surface area contributed by atoms with Crippen molar-refractivity contribution in [3.05, 3.63) is 24.3 Å². The van der Waals surface area contributed by atoms with Crippen LogP contribution in [0.4, 0.5) is 0 Å². The standard InChI is InChI=1S/C6H7BrO/c1-2-3-4-5-6(7)8/h2-5H,1H3. The fourth-order valence-corrected chi connectivity index (χ4v) is 0.395. The number of carbonyl (C=O) groups is 1. The van der Waals surface area contributed by atoms with Crippen molar-refractivity contribution in [2.45, 2.75) is 6.92 Å². The molecular weight excluding hydrogens is 168 g/mol. The van der Waals surface area contributed by atoms with Crippen LogP contribution < -0.4 is 0 Å². The van der Waals surface area contributed by atoms with Gasteiger partial charge < -0.3 is 0 Å². The molecule has 0 unspecified atom stereocenters. The Morgan fingerprint density at radius 3 is 2.50 bits per heavy atom. The third-order valence-corrected chi connectivity index (χ3v) is 0.795. The van der Waals surface area contributed by atoms with E-state index in [-0.39, 0.29) is 4.69 Å². The minimum atomic E-state index is -0.101. The highest BCUT2D eigenvalue weighted by Crippen LogP contribution is 1.85. The molecule has 0 saturated carbocycles. The minimum absolute atomic E-state index is 0.101. The van der Waals surface area contributed by atoms with E-state index in [0.717, 1.165) is 0 Å². The molecule has 2 heteroatoms. The number of hydrogen-bond acceptors (Lipinski definition) is 1. The summed E-state index contributed by atoms with van der Waals surface area (Å²) < 4.78 is -0.101. The molecule has 44 valence electrons. The summed E-state index contributed by atoms with van der Waals surface area (Å²) in [5.74, 6) is 0. The average molecular weight is 175 g/mol. The van der Waals surface area contributed by atoms with Crippen molar-refractivity contribution in [2.24, 2.45) is 0 Å². The van der Waals surface area contributed by atoms with Gasteiger partial charge in [0, 0.05) is 0 Å². The quantitative estimate of drug-likeness (QED) is 0.356. The lowest BCUT2D eigenvalue weighted by molar-refractivity contribution is -0.106. The Kier molecular flexibility index (Phi) is 4.56. The van der Waals surface area contributed by atoms with Crippen LogP contribution in [0.3, 0.4) is 0 Å². The molecule has 1 nitrogen and oxygen atoms in total. The lowest BCUT2D eigenvalue weighted by Crippen LogP contribution is -1.70. The van der Waals surface area contributed by atoms with Gasteiger partial charge in [-0.2, -0.15) is 0 Å². The van der Waals surface area contributed by atoms with Gasteiger partial charge in [0.2, 0.25) is 4.69 Å². The molecule has 0 atom stereocenters. The van der Waals surface area contributed by atoms with Gasteiger partial charge in [-0.25, -0.2) is 0 Å². The molecule has 0 heterocycles. The van der Waals surface area contributed by atoms with E-state index >= 15 is 0 Å². The maximum Gasteiger partial charge on any atom is 0.220 e. The summed E-state index contributed by atoms with van der Waals surface area (Å²) in [5, 5.41) is 0. The average Bonchev–Trinajstić information content (AvgIpc) is 1.66. The van der Waals surface area contributed by atoms with Crippen LogP contribution in [0.1, 0.15) is 6.92 Å². The van der Waals surface area contributed by atoms with Crippen LogP contribution in [0.15, 0.2) is 24.3 Å². The zero-order chi connectivity index (χ0) is 6.41. The fourth-order valence-electron chi connectivity index (χ4n) is 0.242. The molecule has 0 N–H and O–H groups in total. The van der Waals surface area contributed by atoms with E-state index in [0.29, 0.717) is 0 Å². The van der Waals surface area contributed by atoms with Gasteiger partial charge in [-0.3, -0.25) is 4.79 Å². The molecule has 0 aromatic heterocycles. The number of allylic oxidation sites excluding steroid dienone is 4. The number of halogens is 1. The van der Waals surface area contributed by atoms with Crippen LogP contribution in [-0.2, 0) is 4.79 Å². The van der Waals surface area contributed by atoms with E-state index in [1.165, 1.54) is 6.08 Å². The van der Waals surface area contributed by atoms with Gasteiger partial charge >= 0.3 is 0 Å². The Labute approximate surface area is 57.2 Å². The van der Waals surface area contributed by atoms with Crippen molar-refractivity contribution in [1.29, 1.82) is 0 Å². The van der Waals surface area contributed by atoms with Gasteiger partial charge in [0.15, 0.2) is 0 Å². The van der Waals surface area contributed by atoms with Gasteiger partial charge in [0.1, 0.15) is 0 Å². The van der Waals surface area contributed by atoms with Gasteiger partial charge in [-0.1, -0.05) is 18.2 Å². The second kappa shape index (κ2) is 4.78. The third kappa shape index (κ3) is 5.63. The van der Waals surface area contributed by atoms with Crippen molar-refractivity contribution >= 4 is 20.6 Å². The largest absolute Gasteiger partial charge is 0.282 e. The van der Waals surface area contributed by atoms with Crippen LogP contribution in [0, 0.1) is 0 Å². The summed E-state index contributed by atoms with van der Waals surface area (Å²) in [5.41, 5.74) is 0. The SMILES string of the molecule is CC=CC=CC(=O)Br. The number of hydrogen-bond donors (Lipinski definition) is 0. The first kappa shape index (κ1) is 7.63. The second-order valence-electron chi connectivity index (χ2n) is 1.19. The molecule has 0 rings (SSSR count). The normalized spacial score (nSPS) is 11.2. The Balaban J connectivity index is 3.50. The molecule has 0 amide bonds. The van der Waals surface area contributed by atoms with E-state index in [9.17, 15) is 4.79 Å². The zero-order valence-corrected chi connectivity index (χ0v) is 6.18. The molecular formula is C6H7BrO. The van der Waals surface area contributed by atoms with Crippen LogP contribution >= 0.6 is 15.9 Å². The third-order valence-electron chi connectivity index (χ3n) is 0.531. The Bertz CT molecular complexity index is 124. The number of rotatable bonds is 2. The van der Waals surface area contributed by atoms with Gasteiger partial charge in [-0.05, 0) is 28.9 Å². The summed E-state index contributed by atoms with van der Waals surface area (Å²) in [7, 11) is 0. The highest BCUT2D eigenvalue weighted by Gasteiger charge is 1.78. The topological polar surface area (TPSA) is 17.1 Å². The molecule has 0 spiro atoms. The summed E-state index contributed by atoms with van der Waals surface area (Å²) in [6.45, 7) is 1.89. The second-order valence-corrected chi connectivity index (χ2v) is 1.97. The summed E-state index contributed by atoms with van der Waals surface area (Å²) in [6, 6.07) is 0. The van der Waals surface area contributed by atoms with E-state index in [1.54, 1.807) is 12.2 Å². The summed E-state index contributed by atoms with van der Waals surface area (Å²) >= 11 is 2.74. The Hall–Kier alpha value is -0.370. The molecule has 0 aliphatic rings. The molecule has 0 bridgehead atoms. The van der Waals surface area contributed by atoms with Crippen molar-refractivity contribution in [2.75, 3.05) is 0 Å². The lowest BCUT2D eigenvalue weighted by atomic mass is 10.5. The van der Waals surface area contributed by atoms with E-state index < -0.39 is 0 Å². The number of carbonyl (C=O) groups excluding carboxylic acids is 1. The molecule has 0 aromatic carbocycles. The molecule has 0 aliphatic carbocycles. The molecule has 8 heavy (non-hydrogen) atoms. The van der Waals surface area contributed by atoms with Crippen LogP contribution in [0.25, 0.3) is 0 Å². The van der Waals surface area contributed by atoms with Crippen LogP contribution in [0.2, 0.25) is 0 Å². The van der Waals surface area contributed by atoms with E-state index in [1.807, 2.05) is 13.0 Å². The first-order chi connectivity index (χ1) is 3.77. The Morgan fingerprint density at radius 1 is 1.50 bits per heavy atom. The zero-order valence-electron chi connectivity index (χ0n) is 4.60. The first-order valence-electron chi connectivity index (χ1n) is 2.26. The predicted molar refractivity (Wildman–Crippen MR) is 37.9 cm³/mol.